The summed E-state index contributed by atoms with van der Waals surface area (Å²) in [7, 11) is 0. The van der Waals surface area contributed by atoms with E-state index in [1.807, 2.05) is 0 Å². The lowest BCUT2D eigenvalue weighted by molar-refractivity contribution is 0.453. The first-order valence-corrected chi connectivity index (χ1v) is 8.92. The van der Waals surface area contributed by atoms with E-state index in [1.165, 1.54) is 41.2 Å². The molecule has 23 heavy (non-hydrogen) atoms. The molecule has 0 aliphatic carbocycles. The van der Waals surface area contributed by atoms with Gasteiger partial charge in [-0.25, -0.2) is 0 Å². The van der Waals surface area contributed by atoms with Crippen molar-refractivity contribution in [2.45, 2.75) is 53.0 Å². The molecule has 0 fully saturated rings. The van der Waals surface area contributed by atoms with Gasteiger partial charge in [0.15, 0.2) is 0 Å². The van der Waals surface area contributed by atoms with Crippen LogP contribution in [0.5, 0.6) is 0 Å². The van der Waals surface area contributed by atoms with Crippen molar-refractivity contribution in [3.8, 4) is 0 Å². The zero-order chi connectivity index (χ0) is 16.7. The van der Waals surface area contributed by atoms with Crippen molar-refractivity contribution >= 4 is 10.8 Å². The Morgan fingerprint density at radius 1 is 1.00 bits per heavy atom. The summed E-state index contributed by atoms with van der Waals surface area (Å²) < 4.78 is 0. The summed E-state index contributed by atoms with van der Waals surface area (Å²) in [6.07, 6.45) is 6.09. The highest BCUT2D eigenvalue weighted by Gasteiger charge is 2.09. The maximum absolute atomic E-state index is 3.71. The number of rotatable bonds is 8. The van der Waals surface area contributed by atoms with Crippen LogP contribution in [0, 0.1) is 5.92 Å². The second kappa shape index (κ2) is 8.88. The molecule has 0 aliphatic heterocycles. The second-order valence-corrected chi connectivity index (χ2v) is 7.00. The van der Waals surface area contributed by atoms with Crippen LogP contribution in [0.2, 0.25) is 0 Å². The Labute approximate surface area is 141 Å². The predicted molar refractivity (Wildman–Crippen MR) is 103 cm³/mol. The zero-order valence-corrected chi connectivity index (χ0v) is 15.1. The van der Waals surface area contributed by atoms with Crippen LogP contribution in [0.25, 0.3) is 10.8 Å². The molecule has 2 aromatic carbocycles. The number of benzene rings is 2. The smallest absolute Gasteiger partial charge is 0.0297 e. The molecule has 0 saturated heterocycles. The minimum atomic E-state index is 0.395. The van der Waals surface area contributed by atoms with Gasteiger partial charge in [-0.3, -0.25) is 0 Å². The molecular weight excluding hydrogens is 278 g/mol. The molecule has 0 amide bonds. The Balaban J connectivity index is 1.85. The van der Waals surface area contributed by atoms with Gasteiger partial charge in [-0.1, -0.05) is 61.0 Å². The molecule has 0 saturated carbocycles. The van der Waals surface area contributed by atoms with Crippen molar-refractivity contribution < 1.29 is 0 Å². The summed E-state index contributed by atoms with van der Waals surface area (Å²) >= 11 is 0. The highest BCUT2D eigenvalue weighted by atomic mass is 14.9. The van der Waals surface area contributed by atoms with E-state index in [1.54, 1.807) is 0 Å². The first-order valence-electron chi connectivity index (χ1n) is 8.92. The largest absolute Gasteiger partial charge is 0.310 e. The van der Waals surface area contributed by atoms with Crippen LogP contribution in [-0.2, 0) is 0 Å². The van der Waals surface area contributed by atoms with Crippen LogP contribution in [0.15, 0.2) is 54.1 Å². The molecule has 1 N–H and O–H groups in total. The molecule has 0 aliphatic rings. The molecular formula is C22H31N. The Hall–Kier alpha value is -1.60. The van der Waals surface area contributed by atoms with E-state index < -0.39 is 0 Å². The van der Waals surface area contributed by atoms with Gasteiger partial charge in [0.2, 0.25) is 0 Å². The van der Waals surface area contributed by atoms with Gasteiger partial charge in [-0.2, -0.15) is 0 Å². The topological polar surface area (TPSA) is 12.0 Å². The number of allylic oxidation sites excluding steroid dienone is 2. The van der Waals surface area contributed by atoms with Gasteiger partial charge in [0, 0.05) is 6.04 Å². The van der Waals surface area contributed by atoms with E-state index >= 15 is 0 Å². The van der Waals surface area contributed by atoms with Gasteiger partial charge in [-0.15, -0.1) is 0 Å². The van der Waals surface area contributed by atoms with E-state index in [0.717, 1.165) is 12.5 Å². The molecule has 2 aromatic rings. The standard InChI is InChI=1S/C22H31N/c1-17(2)9-7-10-18(3)15-16-23-19(4)21-14-8-12-20-11-5-6-13-22(20)21/h5-6,8-9,11-14,18-19,23H,7,10,15-16H2,1-4H3/t18?,19-/m0/s1. The highest BCUT2D eigenvalue weighted by Crippen LogP contribution is 2.24. The van der Waals surface area contributed by atoms with Crippen LogP contribution in [0.1, 0.15) is 58.6 Å². The van der Waals surface area contributed by atoms with E-state index in [9.17, 15) is 0 Å². The first-order chi connectivity index (χ1) is 11.1. The Morgan fingerprint density at radius 2 is 1.74 bits per heavy atom. The molecule has 0 bridgehead atoms. The van der Waals surface area contributed by atoms with Crippen molar-refractivity contribution in [3.05, 3.63) is 59.7 Å². The molecule has 0 spiro atoms. The third-order valence-electron chi connectivity index (χ3n) is 4.59. The van der Waals surface area contributed by atoms with Gasteiger partial charge >= 0.3 is 0 Å². The number of nitrogens with one attached hydrogen (secondary N) is 1. The predicted octanol–water partition coefficient (Wildman–Crippen LogP) is 6.26. The average Bonchev–Trinajstić information content (AvgIpc) is 2.54. The molecule has 2 atom stereocenters. The summed E-state index contributed by atoms with van der Waals surface area (Å²) in [4.78, 5) is 0. The zero-order valence-electron chi connectivity index (χ0n) is 15.1. The molecule has 0 heterocycles. The Bertz CT molecular complexity index is 632. The summed E-state index contributed by atoms with van der Waals surface area (Å²) in [5.41, 5.74) is 2.83. The van der Waals surface area contributed by atoms with E-state index in [2.05, 4.69) is 81.6 Å². The van der Waals surface area contributed by atoms with Gasteiger partial charge < -0.3 is 5.32 Å². The lowest BCUT2D eigenvalue weighted by Gasteiger charge is -2.18. The fourth-order valence-corrected chi connectivity index (χ4v) is 3.09. The molecule has 2 rings (SSSR count). The van der Waals surface area contributed by atoms with Crippen LogP contribution >= 0.6 is 0 Å². The van der Waals surface area contributed by atoms with Gasteiger partial charge in [-0.05, 0) is 68.8 Å². The van der Waals surface area contributed by atoms with Crippen molar-refractivity contribution in [1.82, 2.24) is 5.32 Å². The highest BCUT2D eigenvalue weighted by molar-refractivity contribution is 5.86. The molecule has 0 radical (unpaired) electrons. The quantitative estimate of drug-likeness (QED) is 0.567. The number of fused-ring (bicyclic) bond motifs is 1. The maximum atomic E-state index is 3.71. The van der Waals surface area contributed by atoms with Gasteiger partial charge in [0.05, 0.1) is 0 Å². The van der Waals surface area contributed by atoms with Gasteiger partial charge in [0.25, 0.3) is 0 Å². The van der Waals surface area contributed by atoms with Crippen LogP contribution in [0.4, 0.5) is 0 Å². The van der Waals surface area contributed by atoms with Crippen LogP contribution in [0.3, 0.4) is 0 Å². The maximum Gasteiger partial charge on any atom is 0.0297 e. The van der Waals surface area contributed by atoms with E-state index in [0.29, 0.717) is 6.04 Å². The Morgan fingerprint density at radius 3 is 2.52 bits per heavy atom. The average molecular weight is 309 g/mol. The minimum absolute atomic E-state index is 0.395. The SMILES string of the molecule is CC(C)=CCCC(C)CCN[C@@H](C)c1cccc2ccccc12. The van der Waals surface area contributed by atoms with Crippen molar-refractivity contribution in [1.29, 1.82) is 0 Å². The summed E-state index contributed by atoms with van der Waals surface area (Å²) in [6, 6.07) is 15.7. The fourth-order valence-electron chi connectivity index (χ4n) is 3.09. The monoisotopic (exact) mass is 309 g/mol. The lowest BCUT2D eigenvalue weighted by Crippen LogP contribution is -2.21. The molecule has 0 aromatic heterocycles. The van der Waals surface area contributed by atoms with Crippen LogP contribution < -0.4 is 5.32 Å². The second-order valence-electron chi connectivity index (χ2n) is 7.00. The van der Waals surface area contributed by atoms with Crippen molar-refractivity contribution in [3.63, 3.8) is 0 Å². The van der Waals surface area contributed by atoms with Crippen molar-refractivity contribution in [2.24, 2.45) is 5.92 Å². The number of hydrogen-bond donors (Lipinski definition) is 1. The minimum Gasteiger partial charge on any atom is -0.310 e. The third kappa shape index (κ3) is 5.51. The molecule has 124 valence electrons. The first kappa shape index (κ1) is 17.7. The van der Waals surface area contributed by atoms with Crippen LogP contribution in [-0.4, -0.2) is 6.54 Å². The van der Waals surface area contributed by atoms with E-state index in [4.69, 9.17) is 0 Å². The van der Waals surface area contributed by atoms with Gasteiger partial charge in [0.1, 0.15) is 0 Å². The molecule has 1 nitrogen and oxygen atoms in total. The molecule has 1 heteroatoms. The summed E-state index contributed by atoms with van der Waals surface area (Å²) in [6.45, 7) is 10.1. The third-order valence-corrected chi connectivity index (χ3v) is 4.59. The molecule has 1 unspecified atom stereocenters. The Kier molecular flexibility index (Phi) is 6.85. The van der Waals surface area contributed by atoms with E-state index in [-0.39, 0.29) is 0 Å². The normalized spacial score (nSPS) is 13.7. The lowest BCUT2D eigenvalue weighted by atomic mass is 9.98. The fraction of sp³-hybridized carbons (Fsp3) is 0.455. The van der Waals surface area contributed by atoms with Crippen molar-refractivity contribution in [2.75, 3.05) is 6.54 Å². The number of hydrogen-bond acceptors (Lipinski definition) is 1. The summed E-state index contributed by atoms with van der Waals surface area (Å²) in [5, 5.41) is 6.40. The summed E-state index contributed by atoms with van der Waals surface area (Å²) in [5.74, 6) is 0.776.